The van der Waals surface area contributed by atoms with E-state index in [2.05, 4.69) is 34.3 Å². The summed E-state index contributed by atoms with van der Waals surface area (Å²) in [6, 6.07) is 10.5. The second-order valence-corrected chi connectivity index (χ2v) is 4.71. The SMILES string of the molecule is CCC(NCc1ccnc(C)n1)c1ccc(OC)cc1. The summed E-state index contributed by atoms with van der Waals surface area (Å²) < 4.78 is 5.19. The fourth-order valence-corrected chi connectivity index (χ4v) is 2.17. The van der Waals surface area contributed by atoms with Crippen LogP contribution in [-0.4, -0.2) is 17.1 Å². The first-order chi connectivity index (χ1) is 9.72. The summed E-state index contributed by atoms with van der Waals surface area (Å²) in [4.78, 5) is 8.52. The van der Waals surface area contributed by atoms with Crippen molar-refractivity contribution in [1.82, 2.24) is 15.3 Å². The Labute approximate surface area is 120 Å². The van der Waals surface area contributed by atoms with Crippen molar-refractivity contribution in [2.24, 2.45) is 0 Å². The van der Waals surface area contributed by atoms with E-state index < -0.39 is 0 Å². The maximum absolute atomic E-state index is 5.19. The topological polar surface area (TPSA) is 47.0 Å². The standard InChI is InChI=1S/C16H21N3O/c1-4-16(13-5-7-15(20-3)8-6-13)18-11-14-9-10-17-12(2)19-14/h5-10,16,18H,4,11H2,1-3H3. The van der Waals surface area contributed by atoms with Crippen molar-refractivity contribution in [2.45, 2.75) is 32.9 Å². The molecule has 2 rings (SSSR count). The average Bonchev–Trinajstić information content (AvgIpc) is 2.48. The largest absolute Gasteiger partial charge is 0.497 e. The van der Waals surface area contributed by atoms with Crippen molar-refractivity contribution in [3.05, 3.63) is 53.6 Å². The molecular weight excluding hydrogens is 250 g/mol. The normalized spacial score (nSPS) is 12.2. The molecule has 1 unspecified atom stereocenters. The van der Waals surface area contributed by atoms with Crippen molar-refractivity contribution < 1.29 is 4.74 Å². The monoisotopic (exact) mass is 271 g/mol. The molecule has 1 N–H and O–H groups in total. The van der Waals surface area contributed by atoms with E-state index in [-0.39, 0.29) is 0 Å². The van der Waals surface area contributed by atoms with Crippen molar-refractivity contribution in [1.29, 1.82) is 0 Å². The number of aryl methyl sites for hydroxylation is 1. The number of benzene rings is 1. The fraction of sp³-hybridized carbons (Fsp3) is 0.375. The van der Waals surface area contributed by atoms with Gasteiger partial charge in [-0.3, -0.25) is 0 Å². The molecule has 0 fully saturated rings. The number of nitrogens with one attached hydrogen (secondary N) is 1. The number of nitrogens with zero attached hydrogens (tertiary/aromatic N) is 2. The molecule has 1 aromatic heterocycles. The van der Waals surface area contributed by atoms with Crippen LogP contribution in [0, 0.1) is 6.92 Å². The highest BCUT2D eigenvalue weighted by Crippen LogP contribution is 2.20. The minimum atomic E-state index is 0.316. The summed E-state index contributed by atoms with van der Waals surface area (Å²) in [6.45, 7) is 4.82. The van der Waals surface area contributed by atoms with Gasteiger partial charge in [-0.1, -0.05) is 19.1 Å². The van der Waals surface area contributed by atoms with Gasteiger partial charge in [-0.05, 0) is 37.1 Å². The molecule has 0 aliphatic rings. The Hall–Kier alpha value is -1.94. The molecule has 0 spiro atoms. The van der Waals surface area contributed by atoms with Crippen LogP contribution >= 0.6 is 0 Å². The van der Waals surface area contributed by atoms with E-state index in [9.17, 15) is 0 Å². The van der Waals surface area contributed by atoms with Crippen LogP contribution in [0.5, 0.6) is 5.75 Å². The van der Waals surface area contributed by atoms with Crippen LogP contribution < -0.4 is 10.1 Å². The molecule has 2 aromatic rings. The summed E-state index contributed by atoms with van der Waals surface area (Å²) in [5.74, 6) is 1.69. The van der Waals surface area contributed by atoms with E-state index in [0.29, 0.717) is 6.04 Å². The molecule has 1 heterocycles. The zero-order valence-corrected chi connectivity index (χ0v) is 12.3. The zero-order valence-electron chi connectivity index (χ0n) is 12.3. The van der Waals surface area contributed by atoms with E-state index in [4.69, 9.17) is 4.74 Å². The van der Waals surface area contributed by atoms with Crippen LogP contribution in [0.25, 0.3) is 0 Å². The predicted molar refractivity (Wildman–Crippen MR) is 79.6 cm³/mol. The first-order valence-corrected chi connectivity index (χ1v) is 6.88. The molecule has 0 saturated carbocycles. The van der Waals surface area contributed by atoms with E-state index in [1.54, 1.807) is 13.3 Å². The number of hydrogen-bond donors (Lipinski definition) is 1. The molecule has 20 heavy (non-hydrogen) atoms. The molecular formula is C16H21N3O. The predicted octanol–water partition coefficient (Wildman–Crippen LogP) is 3.03. The van der Waals surface area contributed by atoms with E-state index in [0.717, 1.165) is 30.2 Å². The molecule has 0 radical (unpaired) electrons. The number of ether oxygens (including phenoxy) is 1. The Morgan fingerprint density at radius 3 is 2.55 bits per heavy atom. The van der Waals surface area contributed by atoms with Gasteiger partial charge in [-0.15, -0.1) is 0 Å². The molecule has 4 nitrogen and oxygen atoms in total. The number of rotatable bonds is 6. The van der Waals surface area contributed by atoms with Crippen LogP contribution in [0.4, 0.5) is 0 Å². The fourth-order valence-electron chi connectivity index (χ4n) is 2.17. The van der Waals surface area contributed by atoms with Gasteiger partial charge in [-0.25, -0.2) is 9.97 Å². The molecule has 0 aliphatic heterocycles. The van der Waals surface area contributed by atoms with Gasteiger partial charge in [0.1, 0.15) is 11.6 Å². The van der Waals surface area contributed by atoms with Crippen molar-refractivity contribution in [3.8, 4) is 5.75 Å². The lowest BCUT2D eigenvalue weighted by molar-refractivity contribution is 0.414. The maximum Gasteiger partial charge on any atom is 0.125 e. The van der Waals surface area contributed by atoms with Gasteiger partial charge in [-0.2, -0.15) is 0 Å². The quantitative estimate of drug-likeness (QED) is 0.877. The van der Waals surface area contributed by atoms with Gasteiger partial charge < -0.3 is 10.1 Å². The van der Waals surface area contributed by atoms with Crippen molar-refractivity contribution in [2.75, 3.05) is 7.11 Å². The third-order valence-corrected chi connectivity index (χ3v) is 3.29. The summed E-state index contributed by atoms with van der Waals surface area (Å²) in [6.07, 6.45) is 2.82. The molecule has 106 valence electrons. The second kappa shape index (κ2) is 7.01. The maximum atomic E-state index is 5.19. The van der Waals surface area contributed by atoms with Crippen molar-refractivity contribution >= 4 is 0 Å². The van der Waals surface area contributed by atoms with Gasteiger partial charge in [0.05, 0.1) is 12.8 Å². The molecule has 0 aliphatic carbocycles. The molecule has 1 aromatic carbocycles. The lowest BCUT2D eigenvalue weighted by atomic mass is 10.0. The summed E-state index contributed by atoms with van der Waals surface area (Å²) >= 11 is 0. The Bertz CT molecular complexity index is 540. The third-order valence-electron chi connectivity index (χ3n) is 3.29. The average molecular weight is 271 g/mol. The molecule has 4 heteroatoms. The van der Waals surface area contributed by atoms with Crippen molar-refractivity contribution in [3.63, 3.8) is 0 Å². The summed E-state index contributed by atoms with van der Waals surface area (Å²) in [5, 5.41) is 3.54. The Balaban J connectivity index is 2.01. The highest BCUT2D eigenvalue weighted by atomic mass is 16.5. The zero-order chi connectivity index (χ0) is 14.4. The van der Waals surface area contributed by atoms with E-state index in [1.165, 1.54) is 5.56 Å². The number of methoxy groups -OCH3 is 1. The third kappa shape index (κ3) is 3.78. The second-order valence-electron chi connectivity index (χ2n) is 4.71. The highest BCUT2D eigenvalue weighted by molar-refractivity contribution is 5.29. The van der Waals surface area contributed by atoms with E-state index >= 15 is 0 Å². The van der Waals surface area contributed by atoms with Crippen LogP contribution in [0.3, 0.4) is 0 Å². The molecule has 0 bridgehead atoms. The van der Waals surface area contributed by atoms with Crippen LogP contribution in [-0.2, 0) is 6.54 Å². The molecule has 0 amide bonds. The van der Waals surface area contributed by atoms with Gasteiger partial charge >= 0.3 is 0 Å². The van der Waals surface area contributed by atoms with Gasteiger partial charge in [0.25, 0.3) is 0 Å². The van der Waals surface area contributed by atoms with Gasteiger partial charge in [0.15, 0.2) is 0 Å². The first-order valence-electron chi connectivity index (χ1n) is 6.88. The molecule has 1 atom stereocenters. The minimum Gasteiger partial charge on any atom is -0.497 e. The first kappa shape index (κ1) is 14.5. The van der Waals surface area contributed by atoms with Gasteiger partial charge in [0.2, 0.25) is 0 Å². The summed E-state index contributed by atoms with van der Waals surface area (Å²) in [5.41, 5.74) is 2.28. The van der Waals surface area contributed by atoms with Crippen LogP contribution in [0.2, 0.25) is 0 Å². The Morgan fingerprint density at radius 1 is 1.20 bits per heavy atom. The number of hydrogen-bond acceptors (Lipinski definition) is 4. The lowest BCUT2D eigenvalue weighted by Gasteiger charge is -2.17. The van der Waals surface area contributed by atoms with Crippen LogP contribution in [0.15, 0.2) is 36.5 Å². The van der Waals surface area contributed by atoms with Crippen LogP contribution in [0.1, 0.15) is 36.5 Å². The van der Waals surface area contributed by atoms with Gasteiger partial charge in [0, 0.05) is 18.8 Å². The Morgan fingerprint density at radius 2 is 1.95 bits per heavy atom. The Kier molecular flexibility index (Phi) is 5.07. The smallest absolute Gasteiger partial charge is 0.125 e. The number of aromatic nitrogens is 2. The van der Waals surface area contributed by atoms with E-state index in [1.807, 2.05) is 25.1 Å². The summed E-state index contributed by atoms with van der Waals surface area (Å²) in [7, 11) is 1.68. The lowest BCUT2D eigenvalue weighted by Crippen LogP contribution is -2.21. The minimum absolute atomic E-state index is 0.316. The molecule has 0 saturated heterocycles. The highest BCUT2D eigenvalue weighted by Gasteiger charge is 2.09.